The first-order valence-corrected chi connectivity index (χ1v) is 9.68. The molecule has 0 bridgehead atoms. The van der Waals surface area contributed by atoms with Gasteiger partial charge in [-0.25, -0.2) is 0 Å². The van der Waals surface area contributed by atoms with Gasteiger partial charge in [0.2, 0.25) is 5.91 Å². The molecule has 1 aromatic carbocycles. The standard InChI is InChI=1S/C19H27N5OS/c1-14-6-8-16(9-7-14)18-21-22-19(26)24(18)13-17(25)20-15(2)12-23-10-4-3-5-11-23/h6-9,15H,3-5,10-13H2,1-2H3,(H,20,25)(H,22,26)/t15-/m0/s1. The number of rotatable bonds is 6. The van der Waals surface area contributed by atoms with Crippen LogP contribution in [0.5, 0.6) is 0 Å². The summed E-state index contributed by atoms with van der Waals surface area (Å²) in [5.41, 5.74) is 2.12. The average Bonchev–Trinajstić information content (AvgIpc) is 2.97. The molecule has 0 saturated carbocycles. The number of amides is 1. The van der Waals surface area contributed by atoms with E-state index in [9.17, 15) is 4.79 Å². The number of likely N-dealkylation sites (tertiary alicyclic amines) is 1. The molecule has 140 valence electrons. The third-order valence-corrected chi connectivity index (χ3v) is 5.07. The molecule has 3 rings (SSSR count). The zero-order valence-corrected chi connectivity index (χ0v) is 16.3. The minimum Gasteiger partial charge on any atom is -0.351 e. The van der Waals surface area contributed by atoms with Gasteiger partial charge in [0.15, 0.2) is 10.6 Å². The van der Waals surface area contributed by atoms with Crippen LogP contribution in [0.3, 0.4) is 0 Å². The van der Waals surface area contributed by atoms with Crippen molar-refractivity contribution in [3.63, 3.8) is 0 Å². The monoisotopic (exact) mass is 373 g/mol. The zero-order valence-electron chi connectivity index (χ0n) is 15.5. The number of hydrogen-bond acceptors (Lipinski definition) is 4. The van der Waals surface area contributed by atoms with Crippen LogP contribution in [0.2, 0.25) is 0 Å². The summed E-state index contributed by atoms with van der Waals surface area (Å²) >= 11 is 5.32. The van der Waals surface area contributed by atoms with Crippen molar-refractivity contribution in [2.75, 3.05) is 19.6 Å². The van der Waals surface area contributed by atoms with E-state index in [1.165, 1.54) is 24.8 Å². The Morgan fingerprint density at radius 2 is 1.96 bits per heavy atom. The molecule has 2 heterocycles. The number of aryl methyl sites for hydroxylation is 1. The molecular weight excluding hydrogens is 346 g/mol. The number of hydrogen-bond donors (Lipinski definition) is 2. The lowest BCUT2D eigenvalue weighted by atomic mass is 10.1. The van der Waals surface area contributed by atoms with E-state index in [2.05, 4.69) is 27.3 Å². The maximum Gasteiger partial charge on any atom is 0.240 e. The van der Waals surface area contributed by atoms with Gasteiger partial charge in [0.1, 0.15) is 6.54 Å². The van der Waals surface area contributed by atoms with Gasteiger partial charge >= 0.3 is 0 Å². The summed E-state index contributed by atoms with van der Waals surface area (Å²) in [6.07, 6.45) is 3.83. The number of carbonyl (C=O) groups excluding carboxylic acids is 1. The van der Waals surface area contributed by atoms with Crippen LogP contribution in [0, 0.1) is 11.7 Å². The Kier molecular flexibility index (Phi) is 6.21. The van der Waals surface area contributed by atoms with Crippen molar-refractivity contribution in [1.29, 1.82) is 0 Å². The molecule has 2 N–H and O–H groups in total. The van der Waals surface area contributed by atoms with Crippen LogP contribution < -0.4 is 5.32 Å². The first-order chi connectivity index (χ1) is 12.5. The third-order valence-electron chi connectivity index (χ3n) is 4.76. The SMILES string of the molecule is Cc1ccc(-c2n[nH]c(=S)n2CC(=O)N[C@@H](C)CN2CCCCC2)cc1. The van der Waals surface area contributed by atoms with E-state index in [4.69, 9.17) is 12.2 Å². The molecule has 1 aliphatic rings. The molecule has 0 spiro atoms. The predicted molar refractivity (Wildman–Crippen MR) is 105 cm³/mol. The van der Waals surface area contributed by atoms with E-state index in [0.29, 0.717) is 10.6 Å². The van der Waals surface area contributed by atoms with Crippen molar-refractivity contribution in [3.8, 4) is 11.4 Å². The van der Waals surface area contributed by atoms with Crippen molar-refractivity contribution >= 4 is 18.1 Å². The number of nitrogens with one attached hydrogen (secondary N) is 2. The second kappa shape index (κ2) is 8.60. The molecule has 1 fully saturated rings. The van der Waals surface area contributed by atoms with Crippen molar-refractivity contribution in [1.82, 2.24) is 25.0 Å². The largest absolute Gasteiger partial charge is 0.351 e. The normalized spacial score (nSPS) is 16.4. The van der Waals surface area contributed by atoms with Crippen LogP contribution in [0.15, 0.2) is 24.3 Å². The number of benzene rings is 1. The second-order valence-corrected chi connectivity index (χ2v) is 7.52. The summed E-state index contributed by atoms with van der Waals surface area (Å²) in [6, 6.07) is 8.15. The predicted octanol–water partition coefficient (Wildman–Crippen LogP) is 2.91. The summed E-state index contributed by atoms with van der Waals surface area (Å²) in [7, 11) is 0. The fourth-order valence-corrected chi connectivity index (χ4v) is 3.62. The number of piperidine rings is 1. The Labute approximate surface area is 159 Å². The van der Waals surface area contributed by atoms with E-state index in [-0.39, 0.29) is 18.5 Å². The van der Waals surface area contributed by atoms with Gasteiger partial charge in [0, 0.05) is 18.2 Å². The highest BCUT2D eigenvalue weighted by Crippen LogP contribution is 2.18. The van der Waals surface area contributed by atoms with Crippen molar-refractivity contribution in [2.24, 2.45) is 0 Å². The van der Waals surface area contributed by atoms with Crippen molar-refractivity contribution in [2.45, 2.75) is 45.7 Å². The highest BCUT2D eigenvalue weighted by Gasteiger charge is 2.17. The minimum atomic E-state index is -0.0413. The van der Waals surface area contributed by atoms with Gasteiger partial charge in [-0.3, -0.25) is 14.5 Å². The van der Waals surface area contributed by atoms with Crippen LogP contribution in [0.4, 0.5) is 0 Å². The van der Waals surface area contributed by atoms with E-state index in [1.54, 1.807) is 4.57 Å². The molecule has 1 amide bonds. The molecule has 1 aromatic heterocycles. The molecule has 6 nitrogen and oxygen atoms in total. The lowest BCUT2D eigenvalue weighted by Crippen LogP contribution is -2.44. The minimum absolute atomic E-state index is 0.0413. The molecule has 0 radical (unpaired) electrons. The Hall–Kier alpha value is -1.99. The van der Waals surface area contributed by atoms with Crippen LogP contribution in [0.25, 0.3) is 11.4 Å². The second-order valence-electron chi connectivity index (χ2n) is 7.13. The van der Waals surface area contributed by atoms with Crippen LogP contribution in [-0.2, 0) is 11.3 Å². The molecule has 0 unspecified atom stereocenters. The number of aromatic amines is 1. The van der Waals surface area contributed by atoms with E-state index in [0.717, 1.165) is 25.2 Å². The fourth-order valence-electron chi connectivity index (χ4n) is 3.43. The van der Waals surface area contributed by atoms with E-state index >= 15 is 0 Å². The summed E-state index contributed by atoms with van der Waals surface area (Å²) < 4.78 is 2.21. The highest BCUT2D eigenvalue weighted by atomic mass is 32.1. The number of aromatic nitrogens is 3. The molecule has 1 aliphatic heterocycles. The Morgan fingerprint density at radius 1 is 1.27 bits per heavy atom. The lowest BCUT2D eigenvalue weighted by molar-refractivity contribution is -0.122. The number of H-pyrrole nitrogens is 1. The molecule has 7 heteroatoms. The Balaban J connectivity index is 1.63. The summed E-state index contributed by atoms with van der Waals surface area (Å²) in [6.45, 7) is 7.42. The fraction of sp³-hybridized carbons (Fsp3) is 0.526. The maximum absolute atomic E-state index is 12.5. The van der Waals surface area contributed by atoms with Gasteiger partial charge in [-0.1, -0.05) is 36.2 Å². The van der Waals surface area contributed by atoms with Crippen LogP contribution in [-0.4, -0.2) is 51.2 Å². The molecule has 0 aliphatic carbocycles. The quantitative estimate of drug-likeness (QED) is 0.764. The first kappa shape index (κ1) is 18.8. The van der Waals surface area contributed by atoms with Gasteiger partial charge in [0.05, 0.1) is 0 Å². The summed E-state index contributed by atoms with van der Waals surface area (Å²) in [5.74, 6) is 0.647. The Bertz CT molecular complexity index is 789. The molecule has 2 aromatic rings. The number of carbonyl (C=O) groups is 1. The topological polar surface area (TPSA) is 66.0 Å². The molecule has 1 atom stereocenters. The highest BCUT2D eigenvalue weighted by molar-refractivity contribution is 7.71. The van der Waals surface area contributed by atoms with Crippen molar-refractivity contribution in [3.05, 3.63) is 34.6 Å². The summed E-state index contributed by atoms with van der Waals surface area (Å²) in [5, 5.41) is 10.2. The zero-order chi connectivity index (χ0) is 18.5. The van der Waals surface area contributed by atoms with E-state index in [1.807, 2.05) is 31.2 Å². The average molecular weight is 374 g/mol. The molecule has 1 saturated heterocycles. The van der Waals surface area contributed by atoms with Gasteiger partial charge in [-0.15, -0.1) is 0 Å². The van der Waals surface area contributed by atoms with Crippen LogP contribution in [0.1, 0.15) is 31.7 Å². The Morgan fingerprint density at radius 3 is 2.65 bits per heavy atom. The lowest BCUT2D eigenvalue weighted by Gasteiger charge is -2.29. The van der Waals surface area contributed by atoms with Gasteiger partial charge in [0.25, 0.3) is 0 Å². The summed E-state index contributed by atoms with van der Waals surface area (Å²) in [4.78, 5) is 14.9. The smallest absolute Gasteiger partial charge is 0.240 e. The van der Waals surface area contributed by atoms with Crippen molar-refractivity contribution < 1.29 is 4.79 Å². The number of nitrogens with zero attached hydrogens (tertiary/aromatic N) is 3. The van der Waals surface area contributed by atoms with Gasteiger partial charge in [-0.05, 0) is 52.0 Å². The first-order valence-electron chi connectivity index (χ1n) is 9.27. The van der Waals surface area contributed by atoms with Crippen LogP contribution >= 0.6 is 12.2 Å². The van der Waals surface area contributed by atoms with E-state index < -0.39 is 0 Å². The van der Waals surface area contributed by atoms with Gasteiger partial charge in [-0.2, -0.15) is 5.10 Å². The molecule has 26 heavy (non-hydrogen) atoms. The molecular formula is C19H27N5OS. The van der Waals surface area contributed by atoms with Gasteiger partial charge < -0.3 is 10.2 Å². The maximum atomic E-state index is 12.5. The third kappa shape index (κ3) is 4.80.